The Labute approximate surface area is 339 Å². The lowest BCUT2D eigenvalue weighted by atomic mass is 10.0. The van der Waals surface area contributed by atoms with Gasteiger partial charge in [0.1, 0.15) is 0 Å². The SMILES string of the molecule is CC/C=C\C/C=C\C/C=C\C/C=C\C/C=C\C/C=C\C/C=C\CCCC(=O)NC(CS(=O)(=O)O)C(O)/C=C/CCCCCCCCCCCCCCCCC. The van der Waals surface area contributed by atoms with Gasteiger partial charge in [-0.2, -0.15) is 8.42 Å². The third-order valence-electron chi connectivity index (χ3n) is 9.27. The molecule has 0 aromatic heterocycles. The first-order valence-corrected chi connectivity index (χ1v) is 23.5. The van der Waals surface area contributed by atoms with E-state index in [-0.39, 0.29) is 12.3 Å². The fourth-order valence-electron chi connectivity index (χ4n) is 6.03. The molecule has 0 aliphatic carbocycles. The molecule has 0 spiro atoms. The molecule has 0 saturated carbocycles. The Morgan fingerprint density at radius 3 is 1.27 bits per heavy atom. The molecule has 314 valence electrons. The Hall–Kier alpha value is -2.74. The molecule has 0 aromatic carbocycles. The van der Waals surface area contributed by atoms with Gasteiger partial charge in [-0.25, -0.2) is 0 Å². The Morgan fingerprint density at radius 2 is 0.873 bits per heavy atom. The molecule has 0 radical (unpaired) electrons. The topological polar surface area (TPSA) is 104 Å². The van der Waals surface area contributed by atoms with Crippen LogP contribution in [0.2, 0.25) is 0 Å². The predicted molar refractivity (Wildman–Crippen MR) is 239 cm³/mol. The number of aliphatic hydroxyl groups excluding tert-OH is 1. The van der Waals surface area contributed by atoms with Crippen LogP contribution in [-0.2, 0) is 14.9 Å². The van der Waals surface area contributed by atoms with Crippen molar-refractivity contribution in [3.63, 3.8) is 0 Å². The van der Waals surface area contributed by atoms with E-state index in [9.17, 15) is 22.9 Å². The van der Waals surface area contributed by atoms with Gasteiger partial charge in [-0.05, 0) is 70.6 Å². The lowest BCUT2D eigenvalue weighted by Gasteiger charge is -2.21. The molecule has 0 saturated heterocycles. The Balaban J connectivity index is 4.05. The minimum Gasteiger partial charge on any atom is -0.387 e. The summed E-state index contributed by atoms with van der Waals surface area (Å²) >= 11 is 0. The van der Waals surface area contributed by atoms with E-state index >= 15 is 0 Å². The van der Waals surface area contributed by atoms with Gasteiger partial charge in [0.05, 0.1) is 17.9 Å². The Bertz CT molecular complexity index is 1220. The molecule has 0 aliphatic rings. The molecule has 2 atom stereocenters. The van der Waals surface area contributed by atoms with Crippen LogP contribution in [0.15, 0.2) is 97.2 Å². The summed E-state index contributed by atoms with van der Waals surface area (Å²) in [5.41, 5.74) is 0. The van der Waals surface area contributed by atoms with Crippen molar-refractivity contribution in [2.45, 2.75) is 193 Å². The quantitative estimate of drug-likeness (QED) is 0.0329. The van der Waals surface area contributed by atoms with Crippen molar-refractivity contribution in [1.82, 2.24) is 5.32 Å². The van der Waals surface area contributed by atoms with Crippen LogP contribution in [0.1, 0.15) is 181 Å². The van der Waals surface area contributed by atoms with Crippen molar-refractivity contribution in [3.05, 3.63) is 97.2 Å². The first-order valence-electron chi connectivity index (χ1n) is 21.9. The minimum absolute atomic E-state index is 0.210. The molecular formula is C48H81NO5S. The molecular weight excluding hydrogens is 703 g/mol. The molecule has 55 heavy (non-hydrogen) atoms. The summed E-state index contributed by atoms with van der Waals surface area (Å²) in [5.74, 6) is -1.07. The van der Waals surface area contributed by atoms with Crippen LogP contribution in [0.3, 0.4) is 0 Å². The molecule has 0 rings (SSSR count). The second-order valence-corrected chi connectivity index (χ2v) is 16.1. The van der Waals surface area contributed by atoms with Gasteiger partial charge in [0, 0.05) is 6.42 Å². The van der Waals surface area contributed by atoms with Crippen LogP contribution in [0.5, 0.6) is 0 Å². The van der Waals surface area contributed by atoms with Gasteiger partial charge in [0.2, 0.25) is 5.91 Å². The summed E-state index contributed by atoms with van der Waals surface area (Å²) in [7, 11) is -4.37. The van der Waals surface area contributed by atoms with Crippen LogP contribution in [0.4, 0.5) is 0 Å². The van der Waals surface area contributed by atoms with E-state index in [2.05, 4.69) is 98.2 Å². The number of hydrogen-bond donors (Lipinski definition) is 3. The van der Waals surface area contributed by atoms with E-state index in [4.69, 9.17) is 0 Å². The largest absolute Gasteiger partial charge is 0.387 e. The number of unbranched alkanes of at least 4 members (excludes halogenated alkanes) is 16. The number of amides is 1. The van der Waals surface area contributed by atoms with Crippen molar-refractivity contribution in [1.29, 1.82) is 0 Å². The standard InChI is InChI=1S/C48H81NO5S/c1-3-5-7-9-11-13-15-17-19-21-22-23-24-25-26-28-30-32-34-36-38-40-42-44-48(51)49-46(45-55(52,53)54)47(50)43-41-39-37-35-33-31-29-27-20-18-16-14-12-10-8-6-4-2/h5,7,11,13,17,19,22-23,25-26,30,32,36,38,41,43,46-47,50H,3-4,6,8-10,12,14-16,18,20-21,24,27-29,31,33-35,37,39-40,42,44-45H2,1-2H3,(H,49,51)(H,52,53,54)/b7-5-,13-11-,19-17-,23-22-,26-25-,32-30-,38-36-,43-41+. The number of carbonyl (C=O) groups excluding carboxylic acids is 1. The van der Waals surface area contributed by atoms with Gasteiger partial charge in [0.15, 0.2) is 0 Å². The molecule has 0 fully saturated rings. The number of hydrogen-bond acceptors (Lipinski definition) is 4. The molecule has 3 N–H and O–H groups in total. The van der Waals surface area contributed by atoms with Crippen molar-refractivity contribution >= 4 is 16.0 Å². The Kier molecular flexibility index (Phi) is 38.9. The van der Waals surface area contributed by atoms with E-state index in [1.807, 2.05) is 12.2 Å². The number of allylic oxidation sites excluding steroid dienone is 15. The fraction of sp³-hybridized carbons (Fsp3) is 0.646. The lowest BCUT2D eigenvalue weighted by Crippen LogP contribution is -2.46. The van der Waals surface area contributed by atoms with Crippen LogP contribution in [0.25, 0.3) is 0 Å². The smallest absolute Gasteiger partial charge is 0.267 e. The van der Waals surface area contributed by atoms with E-state index in [0.29, 0.717) is 6.42 Å². The molecule has 1 amide bonds. The molecule has 7 heteroatoms. The van der Waals surface area contributed by atoms with Gasteiger partial charge < -0.3 is 10.4 Å². The summed E-state index contributed by atoms with van der Waals surface area (Å²) < 4.78 is 32.5. The monoisotopic (exact) mass is 784 g/mol. The number of rotatable bonds is 38. The predicted octanol–water partition coefficient (Wildman–Crippen LogP) is 13.4. The Morgan fingerprint density at radius 1 is 0.509 bits per heavy atom. The van der Waals surface area contributed by atoms with Crippen LogP contribution in [-0.4, -0.2) is 41.9 Å². The van der Waals surface area contributed by atoms with Gasteiger partial charge >= 0.3 is 0 Å². The van der Waals surface area contributed by atoms with E-state index in [1.54, 1.807) is 0 Å². The normalized spacial score (nSPS) is 14.2. The second kappa shape index (κ2) is 40.9. The van der Waals surface area contributed by atoms with E-state index < -0.39 is 28.0 Å². The highest BCUT2D eigenvalue weighted by Crippen LogP contribution is 2.14. The molecule has 0 heterocycles. The van der Waals surface area contributed by atoms with E-state index in [0.717, 1.165) is 70.6 Å². The summed E-state index contributed by atoms with van der Waals surface area (Å²) in [6.45, 7) is 4.41. The number of aliphatic hydroxyl groups is 1. The zero-order valence-corrected chi connectivity index (χ0v) is 35.8. The zero-order chi connectivity index (χ0) is 40.3. The average Bonchev–Trinajstić information content (AvgIpc) is 3.15. The van der Waals surface area contributed by atoms with Gasteiger partial charge in [-0.1, -0.05) is 201 Å². The first kappa shape index (κ1) is 52.3. The zero-order valence-electron chi connectivity index (χ0n) is 35.0. The second-order valence-electron chi connectivity index (χ2n) is 14.6. The third-order valence-corrected chi connectivity index (χ3v) is 10.0. The fourth-order valence-corrected chi connectivity index (χ4v) is 6.76. The van der Waals surface area contributed by atoms with Crippen LogP contribution < -0.4 is 5.32 Å². The highest BCUT2D eigenvalue weighted by molar-refractivity contribution is 7.85. The van der Waals surface area contributed by atoms with Crippen LogP contribution in [0, 0.1) is 0 Å². The molecule has 0 aliphatic heterocycles. The summed E-state index contributed by atoms with van der Waals surface area (Å²) in [6.07, 6.45) is 61.1. The molecule has 0 aromatic rings. The van der Waals surface area contributed by atoms with E-state index in [1.165, 1.54) is 89.5 Å². The van der Waals surface area contributed by atoms with Gasteiger partial charge in [0.25, 0.3) is 10.1 Å². The highest BCUT2D eigenvalue weighted by Gasteiger charge is 2.24. The number of nitrogens with one attached hydrogen (secondary N) is 1. The van der Waals surface area contributed by atoms with Gasteiger partial charge in [-0.3, -0.25) is 9.35 Å². The molecule has 0 bridgehead atoms. The minimum atomic E-state index is -4.37. The highest BCUT2D eigenvalue weighted by atomic mass is 32.2. The molecule has 2 unspecified atom stereocenters. The summed E-state index contributed by atoms with van der Waals surface area (Å²) in [4.78, 5) is 12.5. The van der Waals surface area contributed by atoms with Gasteiger partial charge in [-0.15, -0.1) is 0 Å². The van der Waals surface area contributed by atoms with Crippen molar-refractivity contribution in [2.24, 2.45) is 0 Å². The third kappa shape index (κ3) is 42.2. The summed E-state index contributed by atoms with van der Waals surface area (Å²) in [6, 6.07) is -1.09. The van der Waals surface area contributed by atoms with Crippen LogP contribution >= 0.6 is 0 Å². The first-order chi connectivity index (χ1) is 26.8. The lowest BCUT2D eigenvalue weighted by molar-refractivity contribution is -0.122. The van der Waals surface area contributed by atoms with Crippen molar-refractivity contribution < 1.29 is 22.9 Å². The maximum absolute atomic E-state index is 12.5. The maximum Gasteiger partial charge on any atom is 0.267 e. The van der Waals surface area contributed by atoms with Crippen molar-refractivity contribution in [2.75, 3.05) is 5.75 Å². The average molecular weight is 784 g/mol. The summed E-state index contributed by atoms with van der Waals surface area (Å²) in [5, 5.41) is 13.2. The number of carbonyl (C=O) groups is 1. The maximum atomic E-state index is 12.5. The van der Waals surface area contributed by atoms with Crippen molar-refractivity contribution in [3.8, 4) is 0 Å². The molecule has 6 nitrogen and oxygen atoms in total.